The first kappa shape index (κ1) is 17.5. The fourth-order valence-electron chi connectivity index (χ4n) is 3.01. The minimum Gasteiger partial charge on any atom is -0.338 e. The van der Waals surface area contributed by atoms with Crippen LogP contribution in [0, 0.1) is 5.82 Å². The SMILES string of the molecule is CCCc1noc(CN2CCCN(C(=O)c3cccc(F)c3)CC2)n1. The highest BCUT2D eigenvalue weighted by Crippen LogP contribution is 2.12. The lowest BCUT2D eigenvalue weighted by atomic mass is 10.2. The molecule has 0 aliphatic carbocycles. The van der Waals surface area contributed by atoms with Crippen molar-refractivity contribution in [3.8, 4) is 0 Å². The second-order valence-corrected chi connectivity index (χ2v) is 6.29. The van der Waals surface area contributed by atoms with E-state index in [-0.39, 0.29) is 11.7 Å². The van der Waals surface area contributed by atoms with Crippen LogP contribution in [0.1, 0.15) is 41.8 Å². The topological polar surface area (TPSA) is 62.5 Å². The van der Waals surface area contributed by atoms with E-state index in [1.807, 2.05) is 0 Å². The number of hydrogen-bond donors (Lipinski definition) is 0. The van der Waals surface area contributed by atoms with Gasteiger partial charge in [-0.2, -0.15) is 4.98 Å². The van der Waals surface area contributed by atoms with Gasteiger partial charge in [0.25, 0.3) is 5.91 Å². The molecule has 2 heterocycles. The summed E-state index contributed by atoms with van der Waals surface area (Å²) in [7, 11) is 0. The quantitative estimate of drug-likeness (QED) is 0.832. The van der Waals surface area contributed by atoms with E-state index in [0.717, 1.165) is 38.2 Å². The molecule has 0 radical (unpaired) electrons. The highest BCUT2D eigenvalue weighted by Gasteiger charge is 2.21. The zero-order valence-electron chi connectivity index (χ0n) is 14.4. The van der Waals surface area contributed by atoms with Gasteiger partial charge in [-0.25, -0.2) is 4.39 Å². The molecule has 0 unspecified atom stereocenters. The number of halogens is 1. The van der Waals surface area contributed by atoms with Gasteiger partial charge >= 0.3 is 0 Å². The second kappa shape index (κ2) is 8.20. The lowest BCUT2D eigenvalue weighted by molar-refractivity contribution is 0.0760. The molecule has 7 heteroatoms. The Hall–Kier alpha value is -2.28. The smallest absolute Gasteiger partial charge is 0.254 e. The first-order chi connectivity index (χ1) is 12.2. The number of benzene rings is 1. The molecule has 6 nitrogen and oxygen atoms in total. The van der Waals surface area contributed by atoms with Crippen molar-refractivity contribution in [2.45, 2.75) is 32.7 Å². The Morgan fingerprint density at radius 1 is 1.28 bits per heavy atom. The molecule has 1 aromatic carbocycles. The van der Waals surface area contributed by atoms with Crippen molar-refractivity contribution in [3.63, 3.8) is 0 Å². The predicted octanol–water partition coefficient (Wildman–Crippen LogP) is 2.51. The minimum absolute atomic E-state index is 0.121. The van der Waals surface area contributed by atoms with Gasteiger partial charge in [-0.3, -0.25) is 9.69 Å². The average Bonchev–Trinajstić information content (AvgIpc) is 2.90. The third-order valence-corrected chi connectivity index (χ3v) is 4.29. The summed E-state index contributed by atoms with van der Waals surface area (Å²) >= 11 is 0. The van der Waals surface area contributed by atoms with Crippen LogP contribution < -0.4 is 0 Å². The molecule has 0 N–H and O–H groups in total. The maximum atomic E-state index is 13.3. The Morgan fingerprint density at radius 2 is 2.16 bits per heavy atom. The third-order valence-electron chi connectivity index (χ3n) is 4.29. The van der Waals surface area contributed by atoms with Gasteiger partial charge in [0.1, 0.15) is 5.82 Å². The second-order valence-electron chi connectivity index (χ2n) is 6.29. The Morgan fingerprint density at radius 3 is 2.96 bits per heavy atom. The largest absolute Gasteiger partial charge is 0.338 e. The van der Waals surface area contributed by atoms with Crippen LogP contribution in [0.25, 0.3) is 0 Å². The molecular formula is C18H23FN4O2. The van der Waals surface area contributed by atoms with Crippen LogP contribution in [-0.2, 0) is 13.0 Å². The summed E-state index contributed by atoms with van der Waals surface area (Å²) < 4.78 is 18.6. The first-order valence-corrected chi connectivity index (χ1v) is 8.74. The molecule has 0 bridgehead atoms. The van der Waals surface area contributed by atoms with Crippen molar-refractivity contribution in [2.24, 2.45) is 0 Å². The van der Waals surface area contributed by atoms with Crippen molar-refractivity contribution in [2.75, 3.05) is 26.2 Å². The molecule has 1 fully saturated rings. The molecule has 2 aromatic rings. The van der Waals surface area contributed by atoms with Crippen LogP contribution in [0.15, 0.2) is 28.8 Å². The number of aryl methyl sites for hydroxylation is 1. The van der Waals surface area contributed by atoms with Gasteiger partial charge in [-0.15, -0.1) is 0 Å². The normalized spacial score (nSPS) is 16.0. The maximum absolute atomic E-state index is 13.3. The van der Waals surface area contributed by atoms with Crippen LogP contribution in [0.3, 0.4) is 0 Å². The lowest BCUT2D eigenvalue weighted by Gasteiger charge is -2.21. The van der Waals surface area contributed by atoms with Gasteiger partial charge in [-0.05, 0) is 31.0 Å². The van der Waals surface area contributed by atoms with E-state index in [1.54, 1.807) is 17.0 Å². The molecule has 1 aliphatic rings. The van der Waals surface area contributed by atoms with Crippen LogP contribution in [0.5, 0.6) is 0 Å². The van der Waals surface area contributed by atoms with E-state index in [0.29, 0.717) is 31.1 Å². The molecule has 0 atom stereocenters. The van der Waals surface area contributed by atoms with Crippen molar-refractivity contribution in [1.82, 2.24) is 19.9 Å². The third kappa shape index (κ3) is 4.63. The summed E-state index contributed by atoms with van der Waals surface area (Å²) in [5, 5.41) is 3.97. The fourth-order valence-corrected chi connectivity index (χ4v) is 3.01. The summed E-state index contributed by atoms with van der Waals surface area (Å²) in [5.41, 5.74) is 0.398. The number of rotatable bonds is 5. The zero-order chi connectivity index (χ0) is 17.6. The Labute approximate surface area is 146 Å². The first-order valence-electron chi connectivity index (χ1n) is 8.74. The summed E-state index contributed by atoms with van der Waals surface area (Å²) in [6.07, 6.45) is 2.66. The van der Waals surface area contributed by atoms with Gasteiger partial charge in [-0.1, -0.05) is 18.1 Å². The fraction of sp³-hybridized carbons (Fsp3) is 0.500. The molecule has 25 heavy (non-hydrogen) atoms. The highest BCUT2D eigenvalue weighted by atomic mass is 19.1. The van der Waals surface area contributed by atoms with E-state index in [9.17, 15) is 9.18 Å². The average molecular weight is 346 g/mol. The highest BCUT2D eigenvalue weighted by molar-refractivity contribution is 5.94. The summed E-state index contributed by atoms with van der Waals surface area (Å²) in [5.74, 6) is 0.856. The number of amides is 1. The van der Waals surface area contributed by atoms with Crippen molar-refractivity contribution >= 4 is 5.91 Å². The van der Waals surface area contributed by atoms with Gasteiger partial charge < -0.3 is 9.42 Å². The van der Waals surface area contributed by atoms with Crippen LogP contribution in [0.2, 0.25) is 0 Å². The van der Waals surface area contributed by atoms with E-state index in [1.165, 1.54) is 12.1 Å². The molecule has 0 saturated carbocycles. The van der Waals surface area contributed by atoms with E-state index < -0.39 is 0 Å². The van der Waals surface area contributed by atoms with Gasteiger partial charge in [0.15, 0.2) is 5.82 Å². The van der Waals surface area contributed by atoms with Crippen LogP contribution in [0.4, 0.5) is 4.39 Å². The van der Waals surface area contributed by atoms with Crippen molar-refractivity contribution in [1.29, 1.82) is 0 Å². The molecule has 1 saturated heterocycles. The van der Waals surface area contributed by atoms with Crippen molar-refractivity contribution in [3.05, 3.63) is 47.4 Å². The molecule has 3 rings (SSSR count). The van der Waals surface area contributed by atoms with Crippen LogP contribution >= 0.6 is 0 Å². The lowest BCUT2D eigenvalue weighted by Crippen LogP contribution is -2.35. The maximum Gasteiger partial charge on any atom is 0.254 e. The minimum atomic E-state index is -0.387. The van der Waals surface area contributed by atoms with Gasteiger partial charge in [0.05, 0.1) is 6.54 Å². The molecule has 1 amide bonds. The molecular weight excluding hydrogens is 323 g/mol. The van der Waals surface area contributed by atoms with Crippen LogP contribution in [-0.4, -0.2) is 52.0 Å². The zero-order valence-corrected chi connectivity index (χ0v) is 14.4. The number of aromatic nitrogens is 2. The summed E-state index contributed by atoms with van der Waals surface area (Å²) in [4.78, 5) is 20.9. The van der Waals surface area contributed by atoms with E-state index in [2.05, 4.69) is 22.0 Å². The Balaban J connectivity index is 1.57. The molecule has 0 spiro atoms. The van der Waals surface area contributed by atoms with Gasteiger partial charge in [0, 0.05) is 38.2 Å². The molecule has 1 aliphatic heterocycles. The molecule has 1 aromatic heterocycles. The van der Waals surface area contributed by atoms with E-state index >= 15 is 0 Å². The molecule has 134 valence electrons. The number of nitrogens with zero attached hydrogens (tertiary/aromatic N) is 4. The Kier molecular flexibility index (Phi) is 5.75. The summed E-state index contributed by atoms with van der Waals surface area (Å²) in [6, 6.07) is 5.86. The number of carbonyl (C=O) groups excluding carboxylic acids is 1. The number of hydrogen-bond acceptors (Lipinski definition) is 5. The van der Waals surface area contributed by atoms with Crippen molar-refractivity contribution < 1.29 is 13.7 Å². The monoisotopic (exact) mass is 346 g/mol. The standard InChI is InChI=1S/C18H23FN4O2/c1-2-5-16-20-17(25-21-16)13-22-8-4-9-23(11-10-22)18(24)14-6-3-7-15(19)12-14/h3,6-7,12H,2,4-5,8-11,13H2,1H3. The van der Waals surface area contributed by atoms with E-state index in [4.69, 9.17) is 4.52 Å². The number of carbonyl (C=O) groups is 1. The van der Waals surface area contributed by atoms with Gasteiger partial charge in [0.2, 0.25) is 5.89 Å². The summed E-state index contributed by atoms with van der Waals surface area (Å²) in [6.45, 7) is 5.53. The predicted molar refractivity (Wildman–Crippen MR) is 90.5 cm³/mol. The Bertz CT molecular complexity index is 719.